The summed E-state index contributed by atoms with van der Waals surface area (Å²) < 4.78 is 26.0. The lowest BCUT2D eigenvalue weighted by Crippen LogP contribution is -2.46. The molecule has 0 saturated carbocycles. The number of benzene rings is 1. The first-order valence-electron chi connectivity index (χ1n) is 5.73. The molecule has 1 aliphatic rings. The van der Waals surface area contributed by atoms with E-state index in [1.54, 1.807) is 0 Å². The zero-order valence-electron chi connectivity index (χ0n) is 9.90. The fourth-order valence-corrected chi connectivity index (χ4v) is 2.15. The number of piperazine rings is 1. The maximum Gasteiger partial charge on any atom is 0.159 e. The van der Waals surface area contributed by atoms with Gasteiger partial charge in [0.15, 0.2) is 11.6 Å². The fourth-order valence-electron chi connectivity index (χ4n) is 2.15. The topological polar surface area (TPSA) is 35.5 Å². The van der Waals surface area contributed by atoms with Crippen LogP contribution in [0.4, 0.5) is 8.78 Å². The Hall–Kier alpha value is -0.750. The number of nitrogens with zero attached hydrogens (tertiary/aromatic N) is 1. The van der Waals surface area contributed by atoms with Crippen LogP contribution in [-0.4, -0.2) is 42.8 Å². The average molecular weight is 279 g/mol. The number of halogens is 3. The highest BCUT2D eigenvalue weighted by atomic mass is 35.5. The smallest absolute Gasteiger partial charge is 0.159 e. The Morgan fingerprint density at radius 3 is 2.44 bits per heavy atom. The molecule has 1 saturated heterocycles. The lowest BCUT2D eigenvalue weighted by atomic mass is 10.0. The average Bonchev–Trinajstić information content (AvgIpc) is 2.36. The molecule has 1 atom stereocenters. The van der Waals surface area contributed by atoms with Gasteiger partial charge in [-0.2, -0.15) is 0 Å². The van der Waals surface area contributed by atoms with Gasteiger partial charge in [0.25, 0.3) is 0 Å². The standard InChI is InChI=1S/C12H16F2N2O.ClH/c13-10-2-1-9(7-11(10)14)12(8-17)16-5-3-15-4-6-16;/h1-2,7,12,15,17H,3-6,8H2;1H/t12-;/m1./s1. The number of rotatable bonds is 3. The Labute approximate surface area is 111 Å². The SMILES string of the molecule is Cl.OC[C@H](c1ccc(F)c(F)c1)N1CCNCC1. The molecule has 0 unspecified atom stereocenters. The summed E-state index contributed by atoms with van der Waals surface area (Å²) in [6, 6.07) is 3.54. The number of hydrogen-bond donors (Lipinski definition) is 2. The maximum atomic E-state index is 13.2. The highest BCUT2D eigenvalue weighted by molar-refractivity contribution is 5.85. The molecule has 2 N–H and O–H groups in total. The molecule has 0 radical (unpaired) electrons. The molecule has 1 aliphatic heterocycles. The van der Waals surface area contributed by atoms with E-state index in [9.17, 15) is 13.9 Å². The zero-order chi connectivity index (χ0) is 12.3. The Kier molecular flexibility index (Phi) is 5.95. The van der Waals surface area contributed by atoms with E-state index in [-0.39, 0.29) is 25.1 Å². The molecule has 6 heteroatoms. The number of aliphatic hydroxyl groups excluding tert-OH is 1. The van der Waals surface area contributed by atoms with Gasteiger partial charge in [0, 0.05) is 26.2 Å². The summed E-state index contributed by atoms with van der Waals surface area (Å²) in [6.07, 6.45) is 0. The highest BCUT2D eigenvalue weighted by Crippen LogP contribution is 2.22. The molecule has 0 spiro atoms. The predicted molar refractivity (Wildman–Crippen MR) is 67.9 cm³/mol. The van der Waals surface area contributed by atoms with Crippen LogP contribution in [-0.2, 0) is 0 Å². The van der Waals surface area contributed by atoms with Crippen LogP contribution in [0.5, 0.6) is 0 Å². The molecule has 18 heavy (non-hydrogen) atoms. The minimum Gasteiger partial charge on any atom is -0.394 e. The molecule has 1 fully saturated rings. The summed E-state index contributed by atoms with van der Waals surface area (Å²) in [5.74, 6) is -1.72. The van der Waals surface area contributed by atoms with Crippen LogP contribution in [0.1, 0.15) is 11.6 Å². The van der Waals surface area contributed by atoms with Crippen LogP contribution in [0, 0.1) is 11.6 Å². The van der Waals surface area contributed by atoms with Gasteiger partial charge in [-0.25, -0.2) is 8.78 Å². The third kappa shape index (κ3) is 3.38. The molecule has 0 bridgehead atoms. The molecule has 2 rings (SSSR count). The van der Waals surface area contributed by atoms with Crippen molar-refractivity contribution in [3.05, 3.63) is 35.4 Å². The van der Waals surface area contributed by atoms with E-state index in [1.165, 1.54) is 6.07 Å². The first-order valence-corrected chi connectivity index (χ1v) is 5.73. The van der Waals surface area contributed by atoms with Gasteiger partial charge in [-0.1, -0.05) is 6.07 Å². The van der Waals surface area contributed by atoms with E-state index in [0.717, 1.165) is 38.3 Å². The second-order valence-electron chi connectivity index (χ2n) is 4.16. The molecule has 1 aromatic rings. The monoisotopic (exact) mass is 278 g/mol. The van der Waals surface area contributed by atoms with Gasteiger partial charge in [-0.05, 0) is 17.7 Å². The molecular weight excluding hydrogens is 262 g/mol. The third-order valence-corrected chi connectivity index (χ3v) is 3.09. The van der Waals surface area contributed by atoms with E-state index in [1.807, 2.05) is 0 Å². The van der Waals surface area contributed by atoms with Gasteiger partial charge in [0.05, 0.1) is 12.6 Å². The number of hydrogen-bond acceptors (Lipinski definition) is 3. The summed E-state index contributed by atoms with van der Waals surface area (Å²) in [6.45, 7) is 3.19. The quantitative estimate of drug-likeness (QED) is 0.876. The van der Waals surface area contributed by atoms with Gasteiger partial charge in [-0.15, -0.1) is 12.4 Å². The lowest BCUT2D eigenvalue weighted by molar-refractivity contribution is 0.110. The Bertz CT molecular complexity index is 386. The molecule has 102 valence electrons. The summed E-state index contributed by atoms with van der Waals surface area (Å²) >= 11 is 0. The van der Waals surface area contributed by atoms with Crippen molar-refractivity contribution in [1.82, 2.24) is 10.2 Å². The molecular formula is C12H17ClF2N2O. The van der Waals surface area contributed by atoms with E-state index >= 15 is 0 Å². The summed E-state index contributed by atoms with van der Waals surface area (Å²) in [5, 5.41) is 12.6. The van der Waals surface area contributed by atoms with Crippen LogP contribution >= 0.6 is 12.4 Å². The van der Waals surface area contributed by atoms with E-state index in [0.29, 0.717) is 5.56 Å². The molecule has 1 aromatic carbocycles. The van der Waals surface area contributed by atoms with Crippen molar-refractivity contribution in [1.29, 1.82) is 0 Å². The highest BCUT2D eigenvalue weighted by Gasteiger charge is 2.22. The predicted octanol–water partition coefficient (Wildman–Crippen LogP) is 1.33. The van der Waals surface area contributed by atoms with E-state index in [2.05, 4.69) is 10.2 Å². The summed E-state index contributed by atoms with van der Waals surface area (Å²) in [7, 11) is 0. The van der Waals surface area contributed by atoms with Gasteiger partial charge < -0.3 is 10.4 Å². The van der Waals surface area contributed by atoms with E-state index < -0.39 is 11.6 Å². The summed E-state index contributed by atoms with van der Waals surface area (Å²) in [5.41, 5.74) is 0.619. The maximum absolute atomic E-state index is 13.2. The molecule has 0 aromatic heterocycles. The van der Waals surface area contributed by atoms with Crippen LogP contribution in [0.2, 0.25) is 0 Å². The van der Waals surface area contributed by atoms with Crippen molar-refractivity contribution in [3.63, 3.8) is 0 Å². The first kappa shape index (κ1) is 15.3. The van der Waals surface area contributed by atoms with Crippen molar-refractivity contribution in [3.8, 4) is 0 Å². The zero-order valence-corrected chi connectivity index (χ0v) is 10.7. The Morgan fingerprint density at radius 1 is 1.22 bits per heavy atom. The molecule has 3 nitrogen and oxygen atoms in total. The van der Waals surface area contributed by atoms with Crippen LogP contribution < -0.4 is 5.32 Å². The van der Waals surface area contributed by atoms with Crippen molar-refractivity contribution < 1.29 is 13.9 Å². The van der Waals surface area contributed by atoms with Crippen LogP contribution in [0.25, 0.3) is 0 Å². The Balaban J connectivity index is 0.00000162. The molecule has 0 amide bonds. The first-order chi connectivity index (χ1) is 8.22. The van der Waals surface area contributed by atoms with Gasteiger partial charge in [0.1, 0.15) is 0 Å². The summed E-state index contributed by atoms with van der Waals surface area (Å²) in [4.78, 5) is 2.07. The third-order valence-electron chi connectivity index (χ3n) is 3.09. The number of aliphatic hydroxyl groups is 1. The molecule has 0 aliphatic carbocycles. The van der Waals surface area contributed by atoms with Crippen molar-refractivity contribution in [2.45, 2.75) is 6.04 Å². The van der Waals surface area contributed by atoms with Crippen molar-refractivity contribution >= 4 is 12.4 Å². The van der Waals surface area contributed by atoms with Crippen LogP contribution in [0.15, 0.2) is 18.2 Å². The van der Waals surface area contributed by atoms with Crippen molar-refractivity contribution in [2.75, 3.05) is 32.8 Å². The minimum absolute atomic E-state index is 0. The normalized spacial score (nSPS) is 18.2. The van der Waals surface area contributed by atoms with Crippen molar-refractivity contribution in [2.24, 2.45) is 0 Å². The lowest BCUT2D eigenvalue weighted by Gasteiger charge is -2.34. The van der Waals surface area contributed by atoms with E-state index in [4.69, 9.17) is 0 Å². The molecule has 1 heterocycles. The Morgan fingerprint density at radius 2 is 1.89 bits per heavy atom. The van der Waals surface area contributed by atoms with Crippen LogP contribution in [0.3, 0.4) is 0 Å². The second kappa shape index (κ2) is 6.99. The minimum atomic E-state index is -0.865. The fraction of sp³-hybridized carbons (Fsp3) is 0.500. The van der Waals surface area contributed by atoms with Gasteiger partial charge in [0.2, 0.25) is 0 Å². The van der Waals surface area contributed by atoms with Gasteiger partial charge >= 0.3 is 0 Å². The number of nitrogens with one attached hydrogen (secondary N) is 1. The largest absolute Gasteiger partial charge is 0.394 e. The second-order valence-corrected chi connectivity index (χ2v) is 4.16. The van der Waals surface area contributed by atoms with Gasteiger partial charge in [-0.3, -0.25) is 4.90 Å².